The molecule has 4 N–H and O–H groups in total. The number of alkyl halides is 2. The number of aliphatic imine (C=N–C) groups is 1. The molecule has 1 aromatic carbocycles. The van der Waals surface area contributed by atoms with Crippen LogP contribution in [0.2, 0.25) is 0 Å². The van der Waals surface area contributed by atoms with Crippen molar-refractivity contribution < 1.29 is 31.5 Å². The molecule has 1 aromatic rings. The molecule has 1 heterocycles. The summed E-state index contributed by atoms with van der Waals surface area (Å²) >= 11 is 0. The number of carbonyl (C=O) groups is 1. The second-order valence-corrected chi connectivity index (χ2v) is 9.17. The smallest absolute Gasteiger partial charge is 0.410 e. The molecule has 11 heteroatoms. The molecule has 7 nitrogen and oxygen atoms in total. The minimum atomic E-state index is -4.28. The summed E-state index contributed by atoms with van der Waals surface area (Å²) in [4.78, 5) is 15.1. The highest BCUT2D eigenvalue weighted by Crippen LogP contribution is 2.54. The molecule has 1 fully saturated rings. The lowest BCUT2D eigenvalue weighted by atomic mass is 9.78. The number of amidine groups is 1. The molecular formula is C15H16F3N3O4S. The molecule has 1 atom stereocenters. The van der Waals surface area contributed by atoms with Gasteiger partial charge in [0.15, 0.2) is 9.84 Å². The van der Waals surface area contributed by atoms with E-state index >= 15 is 0 Å². The van der Waals surface area contributed by atoms with Crippen molar-refractivity contribution in [3.05, 3.63) is 29.6 Å². The minimum absolute atomic E-state index is 0.151. The Morgan fingerprint density at radius 1 is 1.35 bits per heavy atom. The van der Waals surface area contributed by atoms with Gasteiger partial charge in [0.2, 0.25) is 0 Å². The fraction of sp³-hybridized carbons (Fsp3) is 0.467. The Kier molecular flexibility index (Phi) is 3.80. The number of amides is 1. The van der Waals surface area contributed by atoms with E-state index in [-0.39, 0.29) is 11.3 Å². The number of halogens is 3. The average Bonchev–Trinajstić information content (AvgIpc) is 2.43. The zero-order chi connectivity index (χ0) is 19.5. The Labute approximate surface area is 147 Å². The highest BCUT2D eigenvalue weighted by Gasteiger charge is 2.69. The Bertz CT molecular complexity index is 924. The maximum atomic E-state index is 14.3. The van der Waals surface area contributed by atoms with Crippen LogP contribution in [0, 0.1) is 5.82 Å². The second kappa shape index (κ2) is 5.35. The highest BCUT2D eigenvalue weighted by atomic mass is 32.2. The van der Waals surface area contributed by atoms with Crippen LogP contribution in [0.5, 0.6) is 0 Å². The molecule has 2 aliphatic rings. The van der Waals surface area contributed by atoms with Crippen molar-refractivity contribution in [1.29, 1.82) is 0 Å². The van der Waals surface area contributed by atoms with E-state index in [2.05, 4.69) is 4.99 Å². The van der Waals surface area contributed by atoms with Gasteiger partial charge in [0.05, 0.1) is 5.75 Å². The number of rotatable bonds is 1. The number of anilines is 1. The Morgan fingerprint density at radius 3 is 2.50 bits per heavy atom. The van der Waals surface area contributed by atoms with E-state index in [9.17, 15) is 26.4 Å². The summed E-state index contributed by atoms with van der Waals surface area (Å²) < 4.78 is 64.8. The number of sulfone groups is 1. The van der Waals surface area contributed by atoms with Crippen LogP contribution in [0.25, 0.3) is 0 Å². The molecule has 0 saturated heterocycles. The number of carboxylic acid groups (broad SMARTS) is 1. The molecule has 1 aliphatic carbocycles. The third kappa shape index (κ3) is 2.70. The van der Waals surface area contributed by atoms with Gasteiger partial charge in [0, 0.05) is 24.1 Å². The summed E-state index contributed by atoms with van der Waals surface area (Å²) in [6.45, 7) is 1.29. The summed E-state index contributed by atoms with van der Waals surface area (Å²) in [5, 5.41) is 10.8. The van der Waals surface area contributed by atoms with E-state index in [1.54, 1.807) is 0 Å². The quantitative estimate of drug-likeness (QED) is 0.631. The van der Waals surface area contributed by atoms with Gasteiger partial charge in [0.1, 0.15) is 21.9 Å². The molecular weight excluding hydrogens is 375 g/mol. The normalized spacial score (nSPS) is 28.1. The van der Waals surface area contributed by atoms with Crippen molar-refractivity contribution in [2.45, 2.75) is 36.0 Å². The van der Waals surface area contributed by atoms with Crippen molar-refractivity contribution >= 4 is 27.5 Å². The summed E-state index contributed by atoms with van der Waals surface area (Å²) in [7, 11) is -4.28. The van der Waals surface area contributed by atoms with Gasteiger partial charge in [-0.15, -0.1) is 0 Å². The van der Waals surface area contributed by atoms with Crippen molar-refractivity contribution in [2.24, 2.45) is 4.99 Å². The predicted molar refractivity (Wildman–Crippen MR) is 87.5 cm³/mol. The van der Waals surface area contributed by atoms with Crippen LogP contribution in [-0.2, 0) is 15.4 Å². The standard InChI is InChI=1S/C15H16F3N3O4S/c1-13(9-4-8(19)2-3-10(9)16)7-26(24,25)14(5-15(17,18)6-14)11(21-13)20-12(22)23/h2-4H,5-7,19H2,1H3,(H,20,21)(H,22,23). The Morgan fingerprint density at radius 2 is 1.96 bits per heavy atom. The Hall–Kier alpha value is -2.30. The van der Waals surface area contributed by atoms with Crippen LogP contribution >= 0.6 is 0 Å². The van der Waals surface area contributed by atoms with Gasteiger partial charge >= 0.3 is 6.09 Å². The van der Waals surface area contributed by atoms with Crippen LogP contribution in [0.1, 0.15) is 25.3 Å². The molecule has 26 heavy (non-hydrogen) atoms. The molecule has 1 spiro atoms. The number of nitrogens with two attached hydrogens (primary N) is 1. The molecule has 1 amide bonds. The first kappa shape index (κ1) is 18.5. The summed E-state index contributed by atoms with van der Waals surface area (Å²) in [6, 6.07) is 3.50. The van der Waals surface area contributed by atoms with E-state index in [1.165, 1.54) is 19.1 Å². The van der Waals surface area contributed by atoms with Crippen molar-refractivity contribution in [3.8, 4) is 0 Å². The SMILES string of the molecule is CC1(c2cc(N)ccc2F)CS(=O)(=O)C2(CC(F)(F)C2)C(NC(=O)O)=N1. The summed E-state index contributed by atoms with van der Waals surface area (Å²) in [5.74, 6) is -5.40. The van der Waals surface area contributed by atoms with Crippen molar-refractivity contribution in [3.63, 3.8) is 0 Å². The lowest BCUT2D eigenvalue weighted by molar-refractivity contribution is -0.0831. The first-order valence-electron chi connectivity index (χ1n) is 7.56. The third-order valence-electron chi connectivity index (χ3n) is 4.74. The van der Waals surface area contributed by atoms with Crippen LogP contribution in [0.4, 0.5) is 23.7 Å². The average molecular weight is 391 g/mol. The van der Waals surface area contributed by atoms with Gasteiger partial charge in [-0.1, -0.05) is 0 Å². The summed E-state index contributed by atoms with van der Waals surface area (Å²) in [6.07, 6.45) is -3.79. The fourth-order valence-corrected chi connectivity index (χ4v) is 6.03. The predicted octanol–water partition coefficient (Wildman–Crippen LogP) is 1.89. The zero-order valence-corrected chi connectivity index (χ0v) is 14.4. The molecule has 1 saturated carbocycles. The highest BCUT2D eigenvalue weighted by molar-refractivity contribution is 7.93. The van der Waals surface area contributed by atoms with E-state index in [0.29, 0.717) is 0 Å². The Balaban J connectivity index is 2.20. The maximum absolute atomic E-state index is 14.3. The van der Waals surface area contributed by atoms with E-state index < -0.39 is 62.4 Å². The number of nitrogens with one attached hydrogen (secondary N) is 1. The largest absolute Gasteiger partial charge is 0.465 e. The zero-order valence-electron chi connectivity index (χ0n) is 13.6. The molecule has 0 aromatic heterocycles. The van der Waals surface area contributed by atoms with Gasteiger partial charge in [-0.2, -0.15) is 0 Å². The molecule has 142 valence electrons. The fourth-order valence-electron chi connectivity index (χ4n) is 3.54. The number of benzene rings is 1. The molecule has 1 aliphatic heterocycles. The summed E-state index contributed by atoms with van der Waals surface area (Å²) in [5.41, 5.74) is 3.90. The van der Waals surface area contributed by atoms with Crippen LogP contribution in [0.3, 0.4) is 0 Å². The minimum Gasteiger partial charge on any atom is -0.465 e. The van der Waals surface area contributed by atoms with E-state index in [4.69, 9.17) is 10.8 Å². The van der Waals surface area contributed by atoms with E-state index in [0.717, 1.165) is 6.07 Å². The van der Waals surface area contributed by atoms with Gasteiger partial charge < -0.3 is 10.8 Å². The van der Waals surface area contributed by atoms with Crippen LogP contribution in [0.15, 0.2) is 23.2 Å². The number of hydrogen-bond acceptors (Lipinski definition) is 5. The lowest BCUT2D eigenvalue weighted by Crippen LogP contribution is -2.69. The van der Waals surface area contributed by atoms with Gasteiger partial charge in [-0.25, -0.2) is 26.4 Å². The van der Waals surface area contributed by atoms with Gasteiger partial charge in [0.25, 0.3) is 5.92 Å². The molecule has 0 bridgehead atoms. The maximum Gasteiger partial charge on any atom is 0.410 e. The van der Waals surface area contributed by atoms with Gasteiger partial charge in [-0.05, 0) is 25.1 Å². The molecule has 1 unspecified atom stereocenters. The lowest BCUT2D eigenvalue weighted by Gasteiger charge is -2.50. The monoisotopic (exact) mass is 391 g/mol. The topological polar surface area (TPSA) is 122 Å². The number of hydrogen-bond donors (Lipinski definition) is 3. The number of nitrogens with zero attached hydrogens (tertiary/aromatic N) is 1. The first-order valence-corrected chi connectivity index (χ1v) is 9.21. The second-order valence-electron chi connectivity index (χ2n) is 6.87. The van der Waals surface area contributed by atoms with Crippen molar-refractivity contribution in [2.75, 3.05) is 11.5 Å². The third-order valence-corrected chi connectivity index (χ3v) is 7.36. The number of nitrogen functional groups attached to an aromatic ring is 1. The molecule has 3 rings (SSSR count). The first-order chi connectivity index (χ1) is 11.8. The van der Waals surface area contributed by atoms with Gasteiger partial charge in [-0.3, -0.25) is 10.3 Å². The van der Waals surface area contributed by atoms with Crippen LogP contribution < -0.4 is 11.1 Å². The van der Waals surface area contributed by atoms with Crippen LogP contribution in [-0.4, -0.2) is 41.9 Å². The van der Waals surface area contributed by atoms with Crippen molar-refractivity contribution in [1.82, 2.24) is 5.32 Å². The van der Waals surface area contributed by atoms with E-state index in [1.807, 2.05) is 5.32 Å². The molecule has 0 radical (unpaired) electrons.